The summed E-state index contributed by atoms with van der Waals surface area (Å²) in [5, 5.41) is 8.81. The van der Waals surface area contributed by atoms with Gasteiger partial charge in [0.2, 0.25) is 0 Å². The molecule has 0 saturated carbocycles. The molecule has 0 aliphatic carbocycles. The van der Waals surface area contributed by atoms with Gasteiger partial charge in [-0.15, -0.1) is 0 Å². The van der Waals surface area contributed by atoms with Crippen molar-refractivity contribution < 1.29 is 9.90 Å². The van der Waals surface area contributed by atoms with Crippen LogP contribution in [0.25, 0.3) is 0 Å². The van der Waals surface area contributed by atoms with Crippen molar-refractivity contribution >= 4 is 5.97 Å². The third-order valence-corrected chi connectivity index (χ3v) is 2.99. The van der Waals surface area contributed by atoms with Crippen molar-refractivity contribution in [2.45, 2.75) is 32.2 Å². The Bertz CT molecular complexity index is 337. The fourth-order valence-electron chi connectivity index (χ4n) is 1.87. The van der Waals surface area contributed by atoms with E-state index < -0.39 is 12.0 Å². The van der Waals surface area contributed by atoms with E-state index in [2.05, 4.69) is 19.1 Å². The lowest BCUT2D eigenvalue weighted by atomic mass is 9.87. The Morgan fingerprint density at radius 2 is 1.88 bits per heavy atom. The minimum Gasteiger partial charge on any atom is -0.480 e. The van der Waals surface area contributed by atoms with Gasteiger partial charge in [-0.25, -0.2) is 0 Å². The van der Waals surface area contributed by atoms with Crippen molar-refractivity contribution in [1.82, 2.24) is 0 Å². The van der Waals surface area contributed by atoms with Crippen molar-refractivity contribution in [3.8, 4) is 0 Å². The number of carboxylic acids is 1. The molecule has 1 aromatic rings. The third kappa shape index (κ3) is 3.35. The molecule has 0 aliphatic heterocycles. The Labute approximate surface area is 96.3 Å². The lowest BCUT2D eigenvalue weighted by molar-refractivity contribution is -0.139. The zero-order valence-corrected chi connectivity index (χ0v) is 9.76. The molecule has 1 rings (SSSR count). The summed E-state index contributed by atoms with van der Waals surface area (Å²) >= 11 is 0. The molecule has 0 aliphatic rings. The minimum absolute atomic E-state index is 0.0206. The first-order chi connectivity index (χ1) is 7.52. The second-order valence-electron chi connectivity index (χ2n) is 4.39. The van der Waals surface area contributed by atoms with E-state index >= 15 is 0 Å². The molecule has 0 spiro atoms. The summed E-state index contributed by atoms with van der Waals surface area (Å²) in [5.41, 5.74) is 6.82. The molecule has 3 N–H and O–H groups in total. The van der Waals surface area contributed by atoms with Crippen molar-refractivity contribution in [2.75, 3.05) is 0 Å². The summed E-state index contributed by atoms with van der Waals surface area (Å²) in [7, 11) is 0. The highest BCUT2D eigenvalue weighted by molar-refractivity contribution is 5.73. The normalized spacial score (nSPS) is 16.4. The molecular weight excluding hydrogens is 202 g/mol. The largest absolute Gasteiger partial charge is 0.480 e. The maximum Gasteiger partial charge on any atom is 0.320 e. The van der Waals surface area contributed by atoms with Gasteiger partial charge in [-0.3, -0.25) is 4.79 Å². The highest BCUT2D eigenvalue weighted by Crippen LogP contribution is 2.24. The number of rotatable bonds is 5. The van der Waals surface area contributed by atoms with Crippen molar-refractivity contribution in [1.29, 1.82) is 0 Å². The highest BCUT2D eigenvalue weighted by atomic mass is 16.4. The lowest BCUT2D eigenvalue weighted by Gasteiger charge is -2.20. The number of carboxylic acid groups (broad SMARTS) is 1. The molecule has 0 saturated heterocycles. The fraction of sp³-hybridized carbons (Fsp3) is 0.462. The average Bonchev–Trinajstić information content (AvgIpc) is 2.28. The van der Waals surface area contributed by atoms with Gasteiger partial charge in [-0.1, -0.05) is 44.2 Å². The third-order valence-electron chi connectivity index (χ3n) is 2.99. The highest BCUT2D eigenvalue weighted by Gasteiger charge is 2.22. The fourth-order valence-corrected chi connectivity index (χ4v) is 1.87. The van der Waals surface area contributed by atoms with Crippen LogP contribution in [0.2, 0.25) is 0 Å². The number of carbonyl (C=O) groups is 1. The van der Waals surface area contributed by atoms with Crippen LogP contribution in [0.1, 0.15) is 31.7 Å². The Morgan fingerprint density at radius 1 is 1.31 bits per heavy atom. The number of aliphatic carboxylic acids is 1. The first-order valence-corrected chi connectivity index (χ1v) is 5.55. The van der Waals surface area contributed by atoms with Crippen molar-refractivity contribution in [2.24, 2.45) is 11.7 Å². The number of benzene rings is 1. The molecule has 1 aromatic carbocycles. The van der Waals surface area contributed by atoms with Crippen LogP contribution in [0.5, 0.6) is 0 Å². The van der Waals surface area contributed by atoms with E-state index in [4.69, 9.17) is 10.8 Å². The maximum absolute atomic E-state index is 10.7. The molecular formula is C13H19NO2. The van der Waals surface area contributed by atoms with E-state index in [-0.39, 0.29) is 5.92 Å². The van der Waals surface area contributed by atoms with Crippen LogP contribution in [0.3, 0.4) is 0 Å². The maximum atomic E-state index is 10.7. The standard InChI is InChI=1S/C13H19NO2/c1-9(11-6-4-3-5-7-11)8-10(2)12(14)13(15)16/h3-7,9-10,12H,8,14H2,1-2H3,(H,15,16). The Hall–Kier alpha value is -1.35. The van der Waals surface area contributed by atoms with Gasteiger partial charge in [-0.05, 0) is 23.8 Å². The molecule has 3 heteroatoms. The van der Waals surface area contributed by atoms with Gasteiger partial charge in [0.1, 0.15) is 6.04 Å². The second kappa shape index (κ2) is 5.66. The Morgan fingerprint density at radius 3 is 2.38 bits per heavy atom. The smallest absolute Gasteiger partial charge is 0.320 e. The molecule has 0 bridgehead atoms. The Kier molecular flexibility index (Phi) is 4.50. The number of hydrogen-bond donors (Lipinski definition) is 2. The van der Waals surface area contributed by atoms with Gasteiger partial charge in [0.05, 0.1) is 0 Å². The molecule has 0 aromatic heterocycles. The minimum atomic E-state index is -0.923. The van der Waals surface area contributed by atoms with Gasteiger partial charge in [0, 0.05) is 0 Å². The van der Waals surface area contributed by atoms with Gasteiger partial charge < -0.3 is 10.8 Å². The van der Waals surface area contributed by atoms with E-state index in [1.165, 1.54) is 5.56 Å². The molecule has 0 radical (unpaired) electrons. The van der Waals surface area contributed by atoms with E-state index in [0.29, 0.717) is 5.92 Å². The summed E-state index contributed by atoms with van der Waals surface area (Å²) < 4.78 is 0. The van der Waals surface area contributed by atoms with Crippen LogP contribution in [-0.2, 0) is 4.79 Å². The number of nitrogens with two attached hydrogens (primary N) is 1. The Balaban J connectivity index is 2.58. The predicted molar refractivity (Wildman–Crippen MR) is 64.2 cm³/mol. The molecule has 3 unspecified atom stereocenters. The van der Waals surface area contributed by atoms with Crippen molar-refractivity contribution in [3.05, 3.63) is 35.9 Å². The van der Waals surface area contributed by atoms with Gasteiger partial charge in [-0.2, -0.15) is 0 Å². The van der Waals surface area contributed by atoms with Gasteiger partial charge >= 0.3 is 5.97 Å². The molecule has 0 heterocycles. The van der Waals surface area contributed by atoms with Crippen LogP contribution < -0.4 is 5.73 Å². The zero-order chi connectivity index (χ0) is 12.1. The summed E-state index contributed by atoms with van der Waals surface area (Å²) in [6.45, 7) is 3.98. The molecule has 3 nitrogen and oxygen atoms in total. The van der Waals surface area contributed by atoms with E-state index in [1.54, 1.807) is 0 Å². The summed E-state index contributed by atoms with van der Waals surface area (Å²) in [6, 6.07) is 9.31. The monoisotopic (exact) mass is 221 g/mol. The molecule has 3 atom stereocenters. The van der Waals surface area contributed by atoms with Crippen LogP contribution in [0, 0.1) is 5.92 Å². The van der Waals surface area contributed by atoms with Gasteiger partial charge in [0.25, 0.3) is 0 Å². The molecule has 16 heavy (non-hydrogen) atoms. The van der Waals surface area contributed by atoms with Crippen LogP contribution in [-0.4, -0.2) is 17.1 Å². The van der Waals surface area contributed by atoms with Crippen LogP contribution >= 0.6 is 0 Å². The van der Waals surface area contributed by atoms with Crippen LogP contribution in [0.4, 0.5) is 0 Å². The summed E-state index contributed by atoms with van der Waals surface area (Å²) in [4.78, 5) is 10.7. The van der Waals surface area contributed by atoms with E-state index in [0.717, 1.165) is 6.42 Å². The first kappa shape index (κ1) is 12.7. The lowest BCUT2D eigenvalue weighted by Crippen LogP contribution is -2.37. The molecule has 0 amide bonds. The second-order valence-corrected chi connectivity index (χ2v) is 4.39. The summed E-state index contributed by atoms with van der Waals surface area (Å²) in [5.74, 6) is -0.609. The zero-order valence-electron chi connectivity index (χ0n) is 9.76. The van der Waals surface area contributed by atoms with E-state index in [1.807, 2.05) is 25.1 Å². The van der Waals surface area contributed by atoms with Crippen molar-refractivity contribution in [3.63, 3.8) is 0 Å². The average molecular weight is 221 g/mol. The van der Waals surface area contributed by atoms with Gasteiger partial charge in [0.15, 0.2) is 0 Å². The molecule has 88 valence electrons. The quantitative estimate of drug-likeness (QED) is 0.801. The number of hydrogen-bond acceptors (Lipinski definition) is 2. The predicted octanol–water partition coefficient (Wildman–Crippen LogP) is 2.23. The first-order valence-electron chi connectivity index (χ1n) is 5.55. The topological polar surface area (TPSA) is 63.3 Å². The van der Waals surface area contributed by atoms with Crippen LogP contribution in [0.15, 0.2) is 30.3 Å². The van der Waals surface area contributed by atoms with E-state index in [9.17, 15) is 4.79 Å². The summed E-state index contributed by atoms with van der Waals surface area (Å²) in [6.07, 6.45) is 0.789. The SMILES string of the molecule is CC(CC(C)C(N)C(=O)O)c1ccccc1. The molecule has 0 fully saturated rings.